The number of phenols is 2. The fraction of sp³-hybridized carbons (Fsp3) is 0.579. The first-order valence-electron chi connectivity index (χ1n) is 17.8. The van der Waals surface area contributed by atoms with E-state index in [0.717, 1.165) is 38.0 Å². The molecule has 1 saturated heterocycles. The molecule has 0 saturated carbocycles. The number of esters is 2. The fourth-order valence-corrected chi connectivity index (χ4v) is 4.14. The molecule has 0 radical (unpaired) electrons. The number of rotatable bonds is 10. The highest BCUT2D eigenvalue weighted by molar-refractivity contribution is 5.82. The molecule has 3 rings (SSSR count). The molecule has 2 aromatic rings. The molecule has 57 heavy (non-hydrogen) atoms. The average Bonchev–Trinajstić information content (AvgIpc) is 3.68. The molecule has 4 N–H and O–H groups in total. The number of nitro benzene ring substituents is 1. The van der Waals surface area contributed by atoms with Gasteiger partial charge in [0.05, 0.1) is 19.1 Å². The van der Waals surface area contributed by atoms with Gasteiger partial charge < -0.3 is 49.4 Å². The molecule has 2 amide bonds. The summed E-state index contributed by atoms with van der Waals surface area (Å²) in [5.74, 6) is -1.64. The van der Waals surface area contributed by atoms with E-state index in [-0.39, 0.29) is 18.6 Å². The number of benzene rings is 2. The van der Waals surface area contributed by atoms with E-state index >= 15 is 0 Å². The Morgan fingerprint density at radius 2 is 1.18 bits per heavy atom. The lowest BCUT2D eigenvalue weighted by atomic mass is 10.0. The van der Waals surface area contributed by atoms with Crippen molar-refractivity contribution in [2.24, 2.45) is 5.34 Å². The Labute approximate surface area is 332 Å². The summed E-state index contributed by atoms with van der Waals surface area (Å²) in [5, 5.41) is 36.6. The molecule has 320 valence electrons. The molecule has 0 aliphatic carbocycles. The van der Waals surface area contributed by atoms with E-state index in [0.29, 0.717) is 5.56 Å². The number of amides is 2. The first-order valence-corrected chi connectivity index (χ1v) is 17.8. The Morgan fingerprint density at radius 3 is 1.49 bits per heavy atom. The van der Waals surface area contributed by atoms with Crippen LogP contribution in [0.1, 0.15) is 86.3 Å². The van der Waals surface area contributed by atoms with E-state index in [4.69, 9.17) is 14.2 Å². The number of methoxy groups -OCH3 is 2. The molecule has 19 heteroatoms. The van der Waals surface area contributed by atoms with Gasteiger partial charge in [0.2, 0.25) is 0 Å². The lowest BCUT2D eigenvalue weighted by Crippen LogP contribution is -2.45. The van der Waals surface area contributed by atoms with Crippen molar-refractivity contribution in [3.05, 3.63) is 68.6 Å². The smallest absolute Gasteiger partial charge is 0.408 e. The van der Waals surface area contributed by atoms with Crippen LogP contribution in [0.3, 0.4) is 0 Å². The van der Waals surface area contributed by atoms with Gasteiger partial charge in [0.15, 0.2) is 11.1 Å². The molecule has 1 aliphatic rings. The maximum Gasteiger partial charge on any atom is 0.408 e. The lowest BCUT2D eigenvalue weighted by molar-refractivity contribution is -0.385. The zero-order valence-electron chi connectivity index (χ0n) is 34.5. The van der Waals surface area contributed by atoms with Gasteiger partial charge in [-0.25, -0.2) is 19.2 Å². The van der Waals surface area contributed by atoms with Crippen molar-refractivity contribution in [2.45, 2.75) is 117 Å². The van der Waals surface area contributed by atoms with Gasteiger partial charge in [0, 0.05) is 32.1 Å². The number of phenolic OH excluding ortho intramolecular Hbond substituents is 2. The van der Waals surface area contributed by atoms with Crippen LogP contribution >= 0.6 is 0 Å². The summed E-state index contributed by atoms with van der Waals surface area (Å²) in [6.45, 7) is 17.5. The van der Waals surface area contributed by atoms with Crippen LogP contribution in [0.15, 0.2) is 47.8 Å². The van der Waals surface area contributed by atoms with Crippen molar-refractivity contribution < 1.29 is 62.8 Å². The predicted molar refractivity (Wildman–Crippen MR) is 207 cm³/mol. The zero-order chi connectivity index (χ0) is 44.0. The van der Waals surface area contributed by atoms with Crippen LogP contribution in [0.5, 0.6) is 11.5 Å². The summed E-state index contributed by atoms with van der Waals surface area (Å²) >= 11 is 0. The molecule has 0 unspecified atom stereocenters. The normalized spacial score (nSPS) is 13.1. The number of nitrogens with zero attached hydrogens (tertiary/aromatic N) is 2. The van der Waals surface area contributed by atoms with E-state index in [1.807, 2.05) is 0 Å². The maximum atomic E-state index is 11.8. The van der Waals surface area contributed by atoms with Crippen LogP contribution in [0.2, 0.25) is 0 Å². The summed E-state index contributed by atoms with van der Waals surface area (Å²) in [4.78, 5) is 70.9. The SMILES string of the molecule is C1CCOC1.CC(C)(C)ON=O.COC(=O)[C@H](Cc1ccc(O)c([N+](=O)[O-])c1)NC(=O)OC(C)(C)C.COC(=O)[C@H](Cc1ccc(O)cc1)NC(=O)OC(C)(C)C. The van der Waals surface area contributed by atoms with Crippen molar-refractivity contribution in [2.75, 3.05) is 27.4 Å². The lowest BCUT2D eigenvalue weighted by Gasteiger charge is -2.22. The van der Waals surface area contributed by atoms with Gasteiger partial charge in [-0.15, -0.1) is 4.91 Å². The highest BCUT2D eigenvalue weighted by Gasteiger charge is 2.27. The Balaban J connectivity index is 0.000000855. The van der Waals surface area contributed by atoms with Gasteiger partial charge >= 0.3 is 29.8 Å². The third-order valence-corrected chi connectivity index (χ3v) is 6.54. The number of nitrogens with one attached hydrogen (secondary N) is 2. The van der Waals surface area contributed by atoms with Crippen molar-refractivity contribution in [1.82, 2.24) is 10.6 Å². The van der Waals surface area contributed by atoms with Crippen molar-refractivity contribution >= 4 is 29.8 Å². The van der Waals surface area contributed by atoms with E-state index < -0.39 is 69.4 Å². The average molecular weight is 811 g/mol. The van der Waals surface area contributed by atoms with E-state index in [9.17, 15) is 44.4 Å². The minimum absolute atomic E-state index is 0.0625. The molecule has 1 heterocycles. The van der Waals surface area contributed by atoms with Gasteiger partial charge in [-0.1, -0.05) is 18.2 Å². The predicted octanol–water partition coefficient (Wildman–Crippen LogP) is 6.19. The maximum absolute atomic E-state index is 11.8. The molecule has 0 bridgehead atoms. The molecular weight excluding hydrogens is 752 g/mol. The van der Waals surface area contributed by atoms with Crippen LogP contribution < -0.4 is 10.6 Å². The van der Waals surface area contributed by atoms with E-state index in [1.165, 1.54) is 38.2 Å². The minimum Gasteiger partial charge on any atom is -0.508 e. The highest BCUT2D eigenvalue weighted by atomic mass is 16.7. The number of carbonyl (C=O) groups is 4. The number of carbonyl (C=O) groups excluding carboxylic acids is 4. The Hall–Kier alpha value is -5.72. The molecular formula is C38H58N4O15. The van der Waals surface area contributed by atoms with Gasteiger partial charge in [-0.2, -0.15) is 0 Å². The molecule has 19 nitrogen and oxygen atoms in total. The van der Waals surface area contributed by atoms with Crippen LogP contribution in [0, 0.1) is 15.0 Å². The third kappa shape index (κ3) is 25.1. The summed E-state index contributed by atoms with van der Waals surface area (Å²) in [5.41, 5.74) is -1.17. The summed E-state index contributed by atoms with van der Waals surface area (Å²) in [7, 11) is 2.41. The minimum atomic E-state index is -1.09. The highest BCUT2D eigenvalue weighted by Crippen LogP contribution is 2.27. The topological polar surface area (TPSA) is 261 Å². The second-order valence-corrected chi connectivity index (χ2v) is 15.2. The van der Waals surface area contributed by atoms with Crippen LogP contribution in [-0.4, -0.2) is 95.6 Å². The van der Waals surface area contributed by atoms with Crippen molar-refractivity contribution in [1.29, 1.82) is 0 Å². The third-order valence-electron chi connectivity index (χ3n) is 6.54. The quantitative estimate of drug-likeness (QED) is 0.0685. The fourth-order valence-electron chi connectivity index (χ4n) is 4.14. The summed E-state index contributed by atoms with van der Waals surface area (Å²) < 4.78 is 24.4. The number of alkyl carbamates (subject to hydrolysis) is 2. The number of hydrogen-bond acceptors (Lipinski definition) is 16. The summed E-state index contributed by atoms with van der Waals surface area (Å²) in [6.07, 6.45) is 1.24. The number of hydrogen-bond donors (Lipinski definition) is 4. The van der Waals surface area contributed by atoms with Crippen LogP contribution in [0.25, 0.3) is 0 Å². The molecule has 1 fully saturated rings. The van der Waals surface area contributed by atoms with Gasteiger partial charge in [0.1, 0.15) is 34.6 Å². The molecule has 0 aromatic heterocycles. The molecule has 2 aromatic carbocycles. The number of aromatic hydroxyl groups is 2. The van der Waals surface area contributed by atoms with Crippen LogP contribution in [0.4, 0.5) is 15.3 Å². The largest absolute Gasteiger partial charge is 0.508 e. The number of nitro groups is 1. The van der Waals surface area contributed by atoms with Gasteiger partial charge in [-0.3, -0.25) is 10.1 Å². The van der Waals surface area contributed by atoms with Crippen LogP contribution in [-0.2, 0) is 51.0 Å². The second kappa shape index (κ2) is 24.7. The molecule has 0 spiro atoms. The van der Waals surface area contributed by atoms with E-state index in [1.54, 1.807) is 74.4 Å². The standard InChI is InChI=1S/C15H20N2O7.C15H21NO5.C4H9NO2.C4H8O/c1-15(2,3)24-14(20)16-10(13(19)23-4)7-9-5-6-12(18)11(8-9)17(21)22;1-15(2,3)21-14(19)16-12(13(18)20-4)9-10-5-7-11(17)8-6-10;1-4(2,3)7-5-6;1-2-4-5-3-1/h5-6,8,10,18H,7H2,1-4H3,(H,16,20);5-8,12,17H,9H2,1-4H3,(H,16,19);1-3H3;1-4H2/t10-;12-;;/m00../s1. The van der Waals surface area contributed by atoms with Gasteiger partial charge in [-0.05, 0) is 104 Å². The molecule has 2 atom stereocenters. The number of ether oxygens (including phenoxy) is 5. The zero-order valence-corrected chi connectivity index (χ0v) is 34.5. The first kappa shape index (κ1) is 51.3. The molecule has 1 aliphatic heterocycles. The Morgan fingerprint density at radius 1 is 0.754 bits per heavy atom. The van der Waals surface area contributed by atoms with Gasteiger partial charge in [0.25, 0.3) is 0 Å². The second-order valence-electron chi connectivity index (χ2n) is 15.2. The van der Waals surface area contributed by atoms with Crippen molar-refractivity contribution in [3.63, 3.8) is 0 Å². The monoisotopic (exact) mass is 810 g/mol. The Kier molecular flexibility index (Phi) is 22.2. The van der Waals surface area contributed by atoms with Crippen molar-refractivity contribution in [3.8, 4) is 11.5 Å². The first-order chi connectivity index (χ1) is 26.3. The summed E-state index contributed by atoms with van der Waals surface area (Å²) in [6, 6.07) is 8.11. The van der Waals surface area contributed by atoms with E-state index in [2.05, 4.69) is 30.3 Å². The Bertz CT molecular complexity index is 1570.